The van der Waals surface area contributed by atoms with Crippen molar-refractivity contribution >= 4 is 5.91 Å². The lowest BCUT2D eigenvalue weighted by Crippen LogP contribution is -2.30. The Morgan fingerprint density at radius 2 is 1.79 bits per heavy atom. The molecule has 1 amide bonds. The predicted molar refractivity (Wildman–Crippen MR) is 114 cm³/mol. The van der Waals surface area contributed by atoms with Gasteiger partial charge in [0.15, 0.2) is 0 Å². The lowest BCUT2D eigenvalue weighted by molar-refractivity contribution is 0.0740. The predicted octanol–water partition coefficient (Wildman–Crippen LogP) is 5.13. The maximum absolute atomic E-state index is 13.2. The number of fused-ring (bicyclic) bond motifs is 1. The quantitative estimate of drug-likeness (QED) is 0.570. The van der Waals surface area contributed by atoms with Crippen molar-refractivity contribution in [3.8, 4) is 17.0 Å². The number of aromatic amines is 1. The third kappa shape index (κ3) is 3.53. The molecule has 1 aliphatic heterocycles. The van der Waals surface area contributed by atoms with Gasteiger partial charge < -0.3 is 9.64 Å². The molecule has 5 nitrogen and oxygen atoms in total. The summed E-state index contributed by atoms with van der Waals surface area (Å²) in [5.74, 6) is 0.838. The Hall–Kier alpha value is -3.08. The number of unbranched alkanes of at least 4 members (excludes halogenated alkanes) is 2. The van der Waals surface area contributed by atoms with Gasteiger partial charge in [0, 0.05) is 17.7 Å². The Balaban J connectivity index is 1.79. The van der Waals surface area contributed by atoms with Gasteiger partial charge in [0.25, 0.3) is 5.91 Å². The molecule has 3 aromatic rings. The standard InChI is InChI=1S/C24H27N3O2/c1-4-5-6-15-27-23(18-11-13-19(29-3)14-12-18)20-21(25-26-22(20)24(27)28)17-9-7-16(2)8-10-17/h7-14,23H,4-6,15H2,1-3H3,(H,25,26). The zero-order valence-electron chi connectivity index (χ0n) is 17.2. The second-order valence-electron chi connectivity index (χ2n) is 7.61. The Kier molecular flexibility index (Phi) is 5.38. The molecule has 1 N–H and O–H groups in total. The zero-order valence-corrected chi connectivity index (χ0v) is 17.2. The molecule has 1 atom stereocenters. The highest BCUT2D eigenvalue weighted by molar-refractivity contribution is 6.00. The van der Waals surface area contributed by atoms with E-state index in [2.05, 4.69) is 48.3 Å². The highest BCUT2D eigenvalue weighted by Crippen LogP contribution is 2.43. The number of methoxy groups -OCH3 is 1. The first-order valence-corrected chi connectivity index (χ1v) is 10.2. The van der Waals surface area contributed by atoms with E-state index in [1.807, 2.05) is 29.2 Å². The van der Waals surface area contributed by atoms with Gasteiger partial charge in [0.05, 0.1) is 18.8 Å². The van der Waals surface area contributed by atoms with Crippen LogP contribution in [0.3, 0.4) is 0 Å². The molecule has 0 radical (unpaired) electrons. The van der Waals surface area contributed by atoms with Crippen molar-refractivity contribution in [2.24, 2.45) is 0 Å². The largest absolute Gasteiger partial charge is 0.497 e. The van der Waals surface area contributed by atoms with Crippen LogP contribution >= 0.6 is 0 Å². The van der Waals surface area contributed by atoms with Crippen LogP contribution in [0.25, 0.3) is 11.3 Å². The number of benzene rings is 2. The molecular formula is C24H27N3O2. The third-order valence-electron chi connectivity index (χ3n) is 5.62. The first-order chi connectivity index (χ1) is 14.1. The molecule has 5 heteroatoms. The number of nitrogens with zero attached hydrogens (tertiary/aromatic N) is 2. The Morgan fingerprint density at radius 3 is 2.45 bits per heavy atom. The Morgan fingerprint density at radius 1 is 1.07 bits per heavy atom. The summed E-state index contributed by atoms with van der Waals surface area (Å²) < 4.78 is 5.32. The highest BCUT2D eigenvalue weighted by Gasteiger charge is 2.41. The van der Waals surface area contributed by atoms with Gasteiger partial charge in [0.1, 0.15) is 11.4 Å². The van der Waals surface area contributed by atoms with Crippen LogP contribution in [0.1, 0.15) is 59.4 Å². The van der Waals surface area contributed by atoms with Crippen molar-refractivity contribution in [2.45, 2.75) is 39.2 Å². The molecular weight excluding hydrogens is 362 g/mol. The van der Waals surface area contributed by atoms with E-state index >= 15 is 0 Å². The van der Waals surface area contributed by atoms with Crippen molar-refractivity contribution in [3.05, 3.63) is 70.9 Å². The van der Waals surface area contributed by atoms with Gasteiger partial charge in [-0.1, -0.05) is 61.7 Å². The highest BCUT2D eigenvalue weighted by atomic mass is 16.5. The van der Waals surface area contributed by atoms with E-state index in [1.165, 1.54) is 5.56 Å². The first-order valence-electron chi connectivity index (χ1n) is 10.2. The smallest absolute Gasteiger partial charge is 0.273 e. The van der Waals surface area contributed by atoms with Crippen molar-refractivity contribution in [2.75, 3.05) is 13.7 Å². The summed E-state index contributed by atoms with van der Waals surface area (Å²) in [6.07, 6.45) is 3.22. The number of nitrogens with one attached hydrogen (secondary N) is 1. The number of rotatable bonds is 7. The molecule has 0 aliphatic carbocycles. The van der Waals surface area contributed by atoms with E-state index in [0.717, 1.165) is 53.9 Å². The van der Waals surface area contributed by atoms with E-state index in [0.29, 0.717) is 5.69 Å². The lowest BCUT2D eigenvalue weighted by atomic mass is 9.95. The maximum atomic E-state index is 13.2. The van der Waals surface area contributed by atoms with Gasteiger partial charge in [0.2, 0.25) is 0 Å². The molecule has 0 saturated carbocycles. The average molecular weight is 389 g/mol. The maximum Gasteiger partial charge on any atom is 0.273 e. The van der Waals surface area contributed by atoms with Gasteiger partial charge in [-0.25, -0.2) is 0 Å². The molecule has 1 aromatic heterocycles. The van der Waals surface area contributed by atoms with E-state index < -0.39 is 0 Å². The molecule has 0 saturated heterocycles. The number of aryl methyl sites for hydroxylation is 1. The minimum Gasteiger partial charge on any atom is -0.497 e. The summed E-state index contributed by atoms with van der Waals surface area (Å²) in [6.45, 7) is 4.98. The SMILES string of the molecule is CCCCCN1C(=O)c2[nH]nc(-c3ccc(C)cc3)c2C1c1ccc(OC)cc1. The molecule has 0 spiro atoms. The minimum absolute atomic E-state index is 0.0304. The van der Waals surface area contributed by atoms with Crippen molar-refractivity contribution < 1.29 is 9.53 Å². The number of H-pyrrole nitrogens is 1. The van der Waals surface area contributed by atoms with Gasteiger partial charge in [-0.3, -0.25) is 9.89 Å². The van der Waals surface area contributed by atoms with Gasteiger partial charge in [-0.05, 0) is 31.0 Å². The van der Waals surface area contributed by atoms with E-state index in [-0.39, 0.29) is 11.9 Å². The van der Waals surface area contributed by atoms with E-state index in [9.17, 15) is 4.79 Å². The van der Waals surface area contributed by atoms with Crippen LogP contribution < -0.4 is 4.74 Å². The number of hydrogen-bond donors (Lipinski definition) is 1. The molecule has 0 bridgehead atoms. The van der Waals surface area contributed by atoms with Crippen molar-refractivity contribution in [1.29, 1.82) is 0 Å². The fourth-order valence-electron chi connectivity index (χ4n) is 4.02. The number of ether oxygens (including phenoxy) is 1. The van der Waals surface area contributed by atoms with Crippen LogP contribution in [0.5, 0.6) is 5.75 Å². The summed E-state index contributed by atoms with van der Waals surface area (Å²) >= 11 is 0. The number of hydrogen-bond acceptors (Lipinski definition) is 3. The van der Waals surface area contributed by atoms with Crippen LogP contribution in [0.4, 0.5) is 0 Å². The van der Waals surface area contributed by atoms with Crippen LogP contribution in [0.15, 0.2) is 48.5 Å². The average Bonchev–Trinajstić information content (AvgIpc) is 3.28. The third-order valence-corrected chi connectivity index (χ3v) is 5.62. The second-order valence-corrected chi connectivity index (χ2v) is 7.61. The first kappa shape index (κ1) is 19.2. The topological polar surface area (TPSA) is 58.2 Å². The van der Waals surface area contributed by atoms with E-state index in [1.54, 1.807) is 7.11 Å². The molecule has 1 aliphatic rings. The second kappa shape index (κ2) is 8.11. The van der Waals surface area contributed by atoms with Gasteiger partial charge in [-0.15, -0.1) is 0 Å². The van der Waals surface area contributed by atoms with Gasteiger partial charge in [-0.2, -0.15) is 5.10 Å². The summed E-state index contributed by atoms with van der Waals surface area (Å²) in [7, 11) is 1.66. The fourth-order valence-corrected chi connectivity index (χ4v) is 4.02. The van der Waals surface area contributed by atoms with Crippen LogP contribution in [-0.4, -0.2) is 34.7 Å². The lowest BCUT2D eigenvalue weighted by Gasteiger charge is -2.26. The Bertz CT molecular complexity index is 990. The molecule has 1 unspecified atom stereocenters. The molecule has 2 aromatic carbocycles. The number of carbonyl (C=O) groups is 1. The molecule has 4 rings (SSSR count). The van der Waals surface area contributed by atoms with Crippen LogP contribution in [0.2, 0.25) is 0 Å². The summed E-state index contributed by atoms with van der Waals surface area (Å²) in [6, 6.07) is 16.2. The van der Waals surface area contributed by atoms with Crippen molar-refractivity contribution in [3.63, 3.8) is 0 Å². The number of aromatic nitrogens is 2. The number of amides is 1. The molecule has 0 fully saturated rings. The van der Waals surface area contributed by atoms with Crippen LogP contribution in [-0.2, 0) is 0 Å². The Labute approximate surface area is 171 Å². The molecule has 150 valence electrons. The minimum atomic E-state index is -0.143. The fraction of sp³-hybridized carbons (Fsp3) is 0.333. The normalized spacial score (nSPS) is 15.6. The van der Waals surface area contributed by atoms with Crippen LogP contribution in [0, 0.1) is 6.92 Å². The summed E-state index contributed by atoms with van der Waals surface area (Å²) in [5, 5.41) is 7.56. The van der Waals surface area contributed by atoms with E-state index in [4.69, 9.17) is 4.74 Å². The van der Waals surface area contributed by atoms with Crippen molar-refractivity contribution in [1.82, 2.24) is 15.1 Å². The summed E-state index contributed by atoms with van der Waals surface area (Å²) in [4.78, 5) is 15.2. The monoisotopic (exact) mass is 389 g/mol. The zero-order chi connectivity index (χ0) is 20.4. The molecule has 29 heavy (non-hydrogen) atoms. The van der Waals surface area contributed by atoms with Gasteiger partial charge >= 0.3 is 0 Å². The molecule has 2 heterocycles. The number of carbonyl (C=O) groups excluding carboxylic acids is 1. The summed E-state index contributed by atoms with van der Waals surface area (Å²) in [5.41, 5.74) is 5.73.